The maximum absolute atomic E-state index is 12.2. The SMILES string of the molecule is CC(C)(C)OC(=O)C[C@H](CCCOCc1ccccc1)c1cc(CO)no1. The number of hydrogen-bond acceptors (Lipinski definition) is 6. The minimum absolute atomic E-state index is 0.159. The van der Waals surface area contributed by atoms with Gasteiger partial charge in [0.1, 0.15) is 17.1 Å². The fourth-order valence-electron chi connectivity index (χ4n) is 2.72. The third-order valence-corrected chi connectivity index (χ3v) is 3.93. The highest BCUT2D eigenvalue weighted by atomic mass is 16.6. The van der Waals surface area contributed by atoms with Gasteiger partial charge in [-0.2, -0.15) is 0 Å². The molecule has 2 aromatic rings. The molecule has 0 radical (unpaired) electrons. The second-order valence-corrected chi connectivity index (χ2v) is 7.55. The number of nitrogens with zero attached hydrogens (tertiary/aromatic N) is 1. The molecule has 6 heteroatoms. The quantitative estimate of drug-likeness (QED) is 0.500. The van der Waals surface area contributed by atoms with E-state index in [0.717, 1.165) is 12.0 Å². The molecule has 0 unspecified atom stereocenters. The van der Waals surface area contributed by atoms with Gasteiger partial charge >= 0.3 is 5.97 Å². The molecule has 1 aromatic carbocycles. The van der Waals surface area contributed by atoms with Crippen LogP contribution in [-0.4, -0.2) is 28.4 Å². The van der Waals surface area contributed by atoms with E-state index in [9.17, 15) is 9.90 Å². The van der Waals surface area contributed by atoms with Crippen LogP contribution in [0, 0.1) is 0 Å². The summed E-state index contributed by atoms with van der Waals surface area (Å²) in [5.74, 6) is 0.153. The zero-order valence-electron chi connectivity index (χ0n) is 16.3. The number of benzene rings is 1. The first-order chi connectivity index (χ1) is 12.9. The van der Waals surface area contributed by atoms with Gasteiger partial charge in [-0.05, 0) is 39.2 Å². The van der Waals surface area contributed by atoms with Crippen molar-refractivity contribution in [3.63, 3.8) is 0 Å². The van der Waals surface area contributed by atoms with Gasteiger partial charge in [0.05, 0.1) is 19.6 Å². The first-order valence-electron chi connectivity index (χ1n) is 9.27. The van der Waals surface area contributed by atoms with Crippen LogP contribution in [0.4, 0.5) is 0 Å². The number of hydrogen-bond donors (Lipinski definition) is 1. The number of carbonyl (C=O) groups excluding carboxylic acids is 1. The van der Waals surface area contributed by atoms with E-state index in [2.05, 4.69) is 5.16 Å². The third kappa shape index (κ3) is 7.93. The minimum Gasteiger partial charge on any atom is -0.460 e. The van der Waals surface area contributed by atoms with E-state index in [-0.39, 0.29) is 24.9 Å². The van der Waals surface area contributed by atoms with Crippen LogP contribution in [0.25, 0.3) is 0 Å². The van der Waals surface area contributed by atoms with Gasteiger partial charge in [-0.15, -0.1) is 0 Å². The number of carbonyl (C=O) groups is 1. The van der Waals surface area contributed by atoms with E-state index in [4.69, 9.17) is 14.0 Å². The van der Waals surface area contributed by atoms with Crippen molar-refractivity contribution in [1.82, 2.24) is 5.16 Å². The van der Waals surface area contributed by atoms with Crippen molar-refractivity contribution >= 4 is 5.97 Å². The predicted molar refractivity (Wildman–Crippen MR) is 101 cm³/mol. The molecule has 0 aliphatic carbocycles. The van der Waals surface area contributed by atoms with E-state index in [1.165, 1.54) is 0 Å². The molecule has 0 aliphatic heterocycles. The van der Waals surface area contributed by atoms with Crippen LogP contribution in [0.3, 0.4) is 0 Å². The molecule has 27 heavy (non-hydrogen) atoms. The van der Waals surface area contributed by atoms with Gasteiger partial charge in [0.15, 0.2) is 0 Å². The lowest BCUT2D eigenvalue weighted by molar-refractivity contribution is -0.155. The summed E-state index contributed by atoms with van der Waals surface area (Å²) in [6, 6.07) is 11.7. The van der Waals surface area contributed by atoms with Crippen molar-refractivity contribution < 1.29 is 23.9 Å². The summed E-state index contributed by atoms with van der Waals surface area (Å²) in [5, 5.41) is 13.0. The first kappa shape index (κ1) is 21.1. The molecule has 1 aromatic heterocycles. The minimum atomic E-state index is -0.530. The third-order valence-electron chi connectivity index (χ3n) is 3.93. The summed E-state index contributed by atoms with van der Waals surface area (Å²) < 4.78 is 16.5. The van der Waals surface area contributed by atoms with Crippen molar-refractivity contribution in [2.45, 2.75) is 64.8 Å². The van der Waals surface area contributed by atoms with Gasteiger partial charge in [0, 0.05) is 18.6 Å². The number of aromatic nitrogens is 1. The molecule has 0 saturated heterocycles. The summed E-state index contributed by atoms with van der Waals surface area (Å²) in [5.41, 5.74) is 1.06. The first-order valence-corrected chi connectivity index (χ1v) is 9.27. The van der Waals surface area contributed by atoms with Crippen molar-refractivity contribution in [3.8, 4) is 0 Å². The van der Waals surface area contributed by atoms with Crippen LogP contribution >= 0.6 is 0 Å². The molecular formula is C21H29NO5. The molecule has 0 bridgehead atoms. The van der Waals surface area contributed by atoms with Crippen molar-refractivity contribution in [2.24, 2.45) is 0 Å². The van der Waals surface area contributed by atoms with Crippen LogP contribution in [0.15, 0.2) is 40.9 Å². The number of ether oxygens (including phenoxy) is 2. The zero-order valence-corrected chi connectivity index (χ0v) is 16.3. The highest BCUT2D eigenvalue weighted by molar-refractivity contribution is 5.70. The molecule has 1 N–H and O–H groups in total. The Balaban J connectivity index is 1.86. The number of aliphatic hydroxyl groups excluding tert-OH is 1. The Morgan fingerprint density at radius 3 is 2.63 bits per heavy atom. The second-order valence-electron chi connectivity index (χ2n) is 7.55. The molecule has 2 rings (SSSR count). The van der Waals surface area contributed by atoms with E-state index in [1.54, 1.807) is 6.07 Å². The Kier molecular flexibility index (Phi) is 8.00. The molecule has 6 nitrogen and oxygen atoms in total. The molecule has 0 amide bonds. The summed E-state index contributed by atoms with van der Waals surface area (Å²) in [4.78, 5) is 12.2. The van der Waals surface area contributed by atoms with E-state index >= 15 is 0 Å². The van der Waals surface area contributed by atoms with Crippen molar-refractivity contribution in [2.75, 3.05) is 6.61 Å². The van der Waals surface area contributed by atoms with Crippen LogP contribution in [0.1, 0.15) is 63.0 Å². The number of aliphatic hydroxyl groups is 1. The molecule has 0 spiro atoms. The lowest BCUT2D eigenvalue weighted by Crippen LogP contribution is -2.25. The van der Waals surface area contributed by atoms with E-state index < -0.39 is 5.60 Å². The van der Waals surface area contributed by atoms with Crippen molar-refractivity contribution in [3.05, 3.63) is 53.4 Å². The van der Waals surface area contributed by atoms with Gasteiger partial charge in [-0.3, -0.25) is 4.79 Å². The fraction of sp³-hybridized carbons (Fsp3) is 0.524. The topological polar surface area (TPSA) is 81.8 Å². The van der Waals surface area contributed by atoms with Crippen LogP contribution in [0.2, 0.25) is 0 Å². The Morgan fingerprint density at radius 2 is 2.00 bits per heavy atom. The predicted octanol–water partition coefficient (Wildman–Crippen LogP) is 3.98. The van der Waals surface area contributed by atoms with E-state index in [1.807, 2.05) is 51.1 Å². The smallest absolute Gasteiger partial charge is 0.307 e. The molecule has 0 fully saturated rings. The summed E-state index contributed by atoms with van der Waals surface area (Å²) in [7, 11) is 0. The average molecular weight is 375 g/mol. The van der Waals surface area contributed by atoms with Crippen LogP contribution in [0.5, 0.6) is 0 Å². The van der Waals surface area contributed by atoms with Gasteiger partial charge < -0.3 is 19.1 Å². The summed E-state index contributed by atoms with van der Waals surface area (Å²) in [6.45, 7) is 6.49. The molecule has 0 aliphatic rings. The maximum atomic E-state index is 12.2. The normalized spacial score (nSPS) is 12.7. The largest absolute Gasteiger partial charge is 0.460 e. The van der Waals surface area contributed by atoms with Gasteiger partial charge in [0.2, 0.25) is 0 Å². The monoisotopic (exact) mass is 375 g/mol. The lowest BCUT2D eigenvalue weighted by atomic mass is 9.96. The van der Waals surface area contributed by atoms with Gasteiger partial charge in [-0.1, -0.05) is 35.5 Å². The van der Waals surface area contributed by atoms with Crippen LogP contribution in [-0.2, 0) is 27.5 Å². The highest BCUT2D eigenvalue weighted by Crippen LogP contribution is 2.27. The Hall–Kier alpha value is -2.18. The van der Waals surface area contributed by atoms with Gasteiger partial charge in [-0.25, -0.2) is 0 Å². The molecule has 1 heterocycles. The van der Waals surface area contributed by atoms with Crippen LogP contribution < -0.4 is 0 Å². The summed E-state index contributed by atoms with van der Waals surface area (Å²) >= 11 is 0. The van der Waals surface area contributed by atoms with E-state index in [0.29, 0.717) is 31.1 Å². The maximum Gasteiger partial charge on any atom is 0.307 e. The second kappa shape index (κ2) is 10.2. The Morgan fingerprint density at radius 1 is 1.26 bits per heavy atom. The number of rotatable bonds is 10. The summed E-state index contributed by atoms with van der Waals surface area (Å²) in [6.07, 6.45) is 1.68. The Bertz CT molecular complexity index is 690. The Labute approximate surface area is 160 Å². The lowest BCUT2D eigenvalue weighted by Gasteiger charge is -2.21. The van der Waals surface area contributed by atoms with Crippen molar-refractivity contribution in [1.29, 1.82) is 0 Å². The molecule has 148 valence electrons. The molecule has 0 saturated carbocycles. The highest BCUT2D eigenvalue weighted by Gasteiger charge is 2.24. The average Bonchev–Trinajstić information content (AvgIpc) is 3.09. The number of esters is 1. The molecule has 1 atom stereocenters. The molecular weight excluding hydrogens is 346 g/mol. The fourth-order valence-corrected chi connectivity index (χ4v) is 2.72. The van der Waals surface area contributed by atoms with Gasteiger partial charge in [0.25, 0.3) is 0 Å². The zero-order chi connectivity index (χ0) is 19.7. The standard InChI is InChI=1S/C21H29NO5/c1-21(2,3)26-20(24)12-17(19-13-18(14-23)22-27-19)10-7-11-25-15-16-8-5-4-6-9-16/h4-6,8-9,13,17,23H,7,10-12,14-15H2,1-3H3/t17-/m0/s1.